The largest absolute Gasteiger partial charge is 0.394 e. The number of nitrogens with one attached hydrogen (secondary N) is 1. The summed E-state index contributed by atoms with van der Waals surface area (Å²) in [4.78, 5) is 28.1. The normalized spacial score (nSPS) is 20.3. The number of amides is 2. The first-order valence-electron chi connectivity index (χ1n) is 22.5. The van der Waals surface area contributed by atoms with Crippen LogP contribution < -0.4 is 11.1 Å². The van der Waals surface area contributed by atoms with Gasteiger partial charge in [-0.15, -0.1) is 0 Å². The van der Waals surface area contributed by atoms with Crippen LogP contribution in [0.15, 0.2) is 12.2 Å². The average Bonchev–Trinajstić information content (AvgIpc) is 3.15. The molecule has 4 atom stereocenters. The van der Waals surface area contributed by atoms with Gasteiger partial charge in [0.2, 0.25) is 17.7 Å². The zero-order chi connectivity index (χ0) is 38.8. The molecule has 0 aromatic rings. The lowest BCUT2D eigenvalue weighted by Crippen LogP contribution is -2.71. The zero-order valence-electron chi connectivity index (χ0n) is 34.5. The fourth-order valence-corrected chi connectivity index (χ4v) is 7.56. The maximum Gasteiger partial charge on any atom is 0.237 e. The average molecular weight is 752 g/mol. The minimum absolute atomic E-state index is 0.166. The predicted molar refractivity (Wildman–Crippen MR) is 219 cm³/mol. The molecule has 2 amide bonds. The fourth-order valence-electron chi connectivity index (χ4n) is 7.56. The molecule has 0 bridgehead atoms. The number of allylic oxidation sites excluding steroid dienone is 2. The van der Waals surface area contributed by atoms with Crippen molar-refractivity contribution in [3.63, 3.8) is 0 Å². The Hall–Kier alpha value is -1.52. The van der Waals surface area contributed by atoms with Crippen molar-refractivity contribution in [3.8, 4) is 0 Å². The highest BCUT2D eigenvalue weighted by Crippen LogP contribution is 2.32. The molecule has 0 aliphatic carbocycles. The molecule has 53 heavy (non-hydrogen) atoms. The smallest absolute Gasteiger partial charge is 0.237 e. The molecule has 312 valence electrons. The highest BCUT2D eigenvalue weighted by atomic mass is 16.6. The van der Waals surface area contributed by atoms with Gasteiger partial charge >= 0.3 is 0 Å². The molecule has 0 saturated carbocycles. The molecular formula is C44H85N3O6. The summed E-state index contributed by atoms with van der Waals surface area (Å²) in [5, 5.41) is 34.0. The van der Waals surface area contributed by atoms with Crippen molar-refractivity contribution in [2.45, 2.75) is 237 Å². The lowest BCUT2D eigenvalue weighted by atomic mass is 9.96. The number of hydrogen-bond donors (Lipinski definition) is 5. The van der Waals surface area contributed by atoms with E-state index in [0.717, 1.165) is 64.2 Å². The van der Waals surface area contributed by atoms with Gasteiger partial charge in [-0.2, -0.15) is 0 Å². The minimum Gasteiger partial charge on any atom is -0.394 e. The van der Waals surface area contributed by atoms with Gasteiger partial charge in [-0.25, -0.2) is 0 Å². The summed E-state index contributed by atoms with van der Waals surface area (Å²) in [5.41, 5.74) is 5.66. The summed E-state index contributed by atoms with van der Waals surface area (Å²) in [6.07, 6.45) is 36.1. The van der Waals surface area contributed by atoms with Crippen molar-refractivity contribution in [3.05, 3.63) is 12.2 Å². The van der Waals surface area contributed by atoms with E-state index in [2.05, 4.69) is 31.3 Å². The van der Waals surface area contributed by atoms with Crippen LogP contribution >= 0.6 is 0 Å². The summed E-state index contributed by atoms with van der Waals surface area (Å²) >= 11 is 0. The van der Waals surface area contributed by atoms with E-state index >= 15 is 0 Å². The van der Waals surface area contributed by atoms with Crippen molar-refractivity contribution < 1.29 is 29.6 Å². The van der Waals surface area contributed by atoms with Crippen LogP contribution in [0.4, 0.5) is 0 Å². The quantitative estimate of drug-likeness (QED) is 0.0244. The molecule has 0 aromatic carbocycles. The van der Waals surface area contributed by atoms with Crippen LogP contribution in [0.1, 0.15) is 213 Å². The SMILES string of the molecule is CCCCCCCCC=CCCCCCCCC(=O)N(CCCCCCCCCCCCCCCCCC)[C@@]1(NC(=O)CN)C[C@@H](O)[C@H](O)[C@@H](CO)O1. The molecule has 0 spiro atoms. The fraction of sp³-hybridized carbons (Fsp3) is 0.909. The highest BCUT2D eigenvalue weighted by molar-refractivity contribution is 5.81. The van der Waals surface area contributed by atoms with Gasteiger partial charge in [-0.3, -0.25) is 14.5 Å². The number of nitrogens with two attached hydrogens (primary N) is 1. The predicted octanol–water partition coefficient (Wildman–Crippen LogP) is 9.35. The van der Waals surface area contributed by atoms with Crippen molar-refractivity contribution >= 4 is 11.8 Å². The van der Waals surface area contributed by atoms with E-state index in [9.17, 15) is 24.9 Å². The monoisotopic (exact) mass is 752 g/mol. The van der Waals surface area contributed by atoms with Gasteiger partial charge in [0.05, 0.1) is 19.3 Å². The summed E-state index contributed by atoms with van der Waals surface area (Å²) in [6.45, 7) is 3.98. The van der Waals surface area contributed by atoms with E-state index in [1.54, 1.807) is 0 Å². The molecule has 0 unspecified atom stereocenters. The number of aliphatic hydroxyl groups excluding tert-OH is 3. The Morgan fingerprint density at radius 1 is 0.679 bits per heavy atom. The molecule has 1 saturated heterocycles. The second-order valence-electron chi connectivity index (χ2n) is 15.8. The third-order valence-corrected chi connectivity index (χ3v) is 10.9. The van der Waals surface area contributed by atoms with Crippen molar-refractivity contribution in [2.75, 3.05) is 19.7 Å². The van der Waals surface area contributed by atoms with Crippen molar-refractivity contribution in [1.29, 1.82) is 0 Å². The highest BCUT2D eigenvalue weighted by Gasteiger charge is 2.51. The number of nitrogens with zero attached hydrogens (tertiary/aromatic N) is 1. The van der Waals surface area contributed by atoms with Gasteiger partial charge < -0.3 is 31.1 Å². The van der Waals surface area contributed by atoms with E-state index < -0.39 is 36.7 Å². The van der Waals surface area contributed by atoms with Crippen molar-refractivity contribution in [1.82, 2.24) is 10.2 Å². The molecular weight excluding hydrogens is 666 g/mol. The Bertz CT molecular complexity index is 904. The number of hydrogen-bond acceptors (Lipinski definition) is 7. The van der Waals surface area contributed by atoms with Crippen LogP contribution in [-0.4, -0.2) is 75.9 Å². The molecule has 1 aliphatic heterocycles. The summed E-state index contributed by atoms with van der Waals surface area (Å²) in [5.74, 6) is -2.38. The number of carbonyl (C=O) groups excluding carboxylic acids is 2. The summed E-state index contributed by atoms with van der Waals surface area (Å²) in [7, 11) is 0. The summed E-state index contributed by atoms with van der Waals surface area (Å²) < 4.78 is 6.12. The lowest BCUT2D eigenvalue weighted by Gasteiger charge is -2.50. The molecule has 1 aliphatic rings. The van der Waals surface area contributed by atoms with Gasteiger partial charge in [0.1, 0.15) is 12.2 Å². The first-order chi connectivity index (χ1) is 25.8. The van der Waals surface area contributed by atoms with Gasteiger partial charge in [0, 0.05) is 19.4 Å². The van der Waals surface area contributed by atoms with Gasteiger partial charge in [-0.05, 0) is 38.5 Å². The van der Waals surface area contributed by atoms with E-state index in [0.29, 0.717) is 13.0 Å². The maximum absolute atomic E-state index is 13.9. The molecule has 6 N–H and O–H groups in total. The topological polar surface area (TPSA) is 145 Å². The Labute approximate surface area is 325 Å². The number of unbranched alkanes of at least 4 members (excludes halogenated alkanes) is 26. The van der Waals surface area contributed by atoms with Crippen LogP contribution in [0, 0.1) is 0 Å². The van der Waals surface area contributed by atoms with Crippen LogP contribution in [0.25, 0.3) is 0 Å². The van der Waals surface area contributed by atoms with Gasteiger partial charge in [0.25, 0.3) is 0 Å². The Balaban J connectivity index is 2.54. The number of aliphatic hydroxyl groups is 3. The second-order valence-corrected chi connectivity index (χ2v) is 15.8. The first-order valence-corrected chi connectivity index (χ1v) is 22.5. The van der Waals surface area contributed by atoms with Crippen LogP contribution in [-0.2, 0) is 14.3 Å². The number of carbonyl (C=O) groups is 2. The van der Waals surface area contributed by atoms with E-state index in [-0.39, 0.29) is 18.9 Å². The Morgan fingerprint density at radius 3 is 1.53 bits per heavy atom. The van der Waals surface area contributed by atoms with Crippen LogP contribution in [0.5, 0.6) is 0 Å². The van der Waals surface area contributed by atoms with Crippen LogP contribution in [0.3, 0.4) is 0 Å². The molecule has 1 heterocycles. The van der Waals surface area contributed by atoms with E-state index in [1.807, 2.05) is 0 Å². The first kappa shape index (κ1) is 49.5. The second kappa shape index (κ2) is 33.8. The summed E-state index contributed by atoms with van der Waals surface area (Å²) in [6, 6.07) is 0. The maximum atomic E-state index is 13.9. The Morgan fingerprint density at radius 2 is 1.09 bits per heavy atom. The Kier molecular flexibility index (Phi) is 31.6. The lowest BCUT2D eigenvalue weighted by molar-refractivity contribution is -0.280. The zero-order valence-corrected chi connectivity index (χ0v) is 34.5. The molecule has 9 heteroatoms. The third kappa shape index (κ3) is 23.9. The molecule has 0 radical (unpaired) electrons. The van der Waals surface area contributed by atoms with Gasteiger partial charge in [-0.1, -0.05) is 174 Å². The van der Waals surface area contributed by atoms with Crippen molar-refractivity contribution in [2.24, 2.45) is 5.73 Å². The number of rotatable bonds is 36. The minimum atomic E-state index is -1.68. The third-order valence-electron chi connectivity index (χ3n) is 10.9. The standard InChI is InChI=1S/C44H85N3O6/c1-3-5-7-9-11-13-15-17-19-21-23-25-27-29-31-33-35-47(44(46-41(50)37-45)36-39(49)43(52)40(38-48)53-44)42(51)34-32-30-28-26-24-22-20-18-16-14-12-10-8-6-4-2/h18,20,39-40,43,48-49,52H,3-17,19,21-38,45H2,1-2H3,(H,46,50)/t39-,40-,43+,44+/m1/s1. The van der Waals surface area contributed by atoms with Gasteiger partial charge in [0.15, 0.2) is 0 Å². The van der Waals surface area contributed by atoms with E-state index in [4.69, 9.17) is 10.5 Å². The van der Waals surface area contributed by atoms with E-state index in [1.165, 1.54) is 127 Å². The van der Waals surface area contributed by atoms with Crippen LogP contribution in [0.2, 0.25) is 0 Å². The molecule has 1 fully saturated rings. The molecule has 1 rings (SSSR count). The molecule has 0 aromatic heterocycles. The molecule has 9 nitrogen and oxygen atoms in total. The number of ether oxygens (including phenoxy) is 1.